The molecule has 0 aliphatic heterocycles. The molecule has 0 spiro atoms. The molecular formula is C14H20F2O7. The molecule has 5 atom stereocenters. The van der Waals surface area contributed by atoms with Gasteiger partial charge in [-0.15, -0.1) is 0 Å². The highest BCUT2D eigenvalue weighted by Crippen LogP contribution is 2.47. The van der Waals surface area contributed by atoms with Gasteiger partial charge in [0.15, 0.2) is 6.10 Å². The van der Waals surface area contributed by atoms with Crippen molar-refractivity contribution >= 4 is 17.9 Å². The average molecular weight is 338 g/mol. The van der Waals surface area contributed by atoms with Gasteiger partial charge < -0.3 is 19.3 Å². The summed E-state index contributed by atoms with van der Waals surface area (Å²) in [6, 6.07) is 0. The van der Waals surface area contributed by atoms with Gasteiger partial charge >= 0.3 is 17.9 Å². The standard InChI is InChI=1S/C14H20F2O7/c1-6-10(21-7(2)17)13(5,20)11(22-8(3)18)12(14(6,15)16)23-9(4)19/h6,10-12,20H,1-5H3/t6-,10-,11-,12+,13-/m1/s1. The van der Waals surface area contributed by atoms with E-state index in [-0.39, 0.29) is 0 Å². The molecule has 0 saturated heterocycles. The smallest absolute Gasteiger partial charge is 0.303 e. The Morgan fingerprint density at radius 2 is 1.22 bits per heavy atom. The van der Waals surface area contributed by atoms with Crippen LogP contribution in [-0.2, 0) is 28.6 Å². The second-order valence-corrected chi connectivity index (χ2v) is 5.78. The molecule has 0 radical (unpaired) electrons. The van der Waals surface area contributed by atoms with E-state index >= 15 is 0 Å². The van der Waals surface area contributed by atoms with Crippen molar-refractivity contribution in [3.05, 3.63) is 0 Å². The number of ether oxygens (including phenoxy) is 3. The monoisotopic (exact) mass is 338 g/mol. The molecule has 1 saturated carbocycles. The van der Waals surface area contributed by atoms with Crippen molar-refractivity contribution in [2.75, 3.05) is 0 Å². The largest absolute Gasteiger partial charge is 0.459 e. The van der Waals surface area contributed by atoms with Crippen molar-refractivity contribution in [1.82, 2.24) is 0 Å². The number of halogens is 2. The van der Waals surface area contributed by atoms with Crippen LogP contribution in [0.15, 0.2) is 0 Å². The Balaban J connectivity index is 3.38. The third-order valence-electron chi connectivity index (χ3n) is 3.75. The van der Waals surface area contributed by atoms with Crippen molar-refractivity contribution < 1.29 is 42.5 Å². The highest BCUT2D eigenvalue weighted by atomic mass is 19.3. The fourth-order valence-corrected chi connectivity index (χ4v) is 2.72. The Labute approximate surface area is 131 Å². The van der Waals surface area contributed by atoms with Crippen LogP contribution in [0.4, 0.5) is 8.78 Å². The van der Waals surface area contributed by atoms with Crippen LogP contribution < -0.4 is 0 Å². The molecule has 132 valence electrons. The molecule has 0 aromatic carbocycles. The summed E-state index contributed by atoms with van der Waals surface area (Å²) < 4.78 is 43.4. The van der Waals surface area contributed by atoms with E-state index in [1.807, 2.05) is 0 Å². The van der Waals surface area contributed by atoms with Gasteiger partial charge in [0, 0.05) is 20.8 Å². The first-order chi connectivity index (χ1) is 10.3. The summed E-state index contributed by atoms with van der Waals surface area (Å²) in [5, 5.41) is 10.6. The van der Waals surface area contributed by atoms with Gasteiger partial charge in [-0.25, -0.2) is 8.78 Å². The Morgan fingerprint density at radius 1 is 0.870 bits per heavy atom. The molecule has 1 aliphatic carbocycles. The van der Waals surface area contributed by atoms with E-state index in [4.69, 9.17) is 9.47 Å². The number of rotatable bonds is 3. The average Bonchev–Trinajstić information content (AvgIpc) is 2.36. The predicted molar refractivity (Wildman–Crippen MR) is 71.4 cm³/mol. The van der Waals surface area contributed by atoms with Crippen LogP contribution in [0.2, 0.25) is 0 Å². The first kappa shape index (κ1) is 19.3. The number of hydrogen-bond donors (Lipinski definition) is 1. The number of carbonyl (C=O) groups is 3. The third-order valence-corrected chi connectivity index (χ3v) is 3.75. The molecule has 9 heteroatoms. The molecule has 7 nitrogen and oxygen atoms in total. The molecule has 0 unspecified atom stereocenters. The van der Waals surface area contributed by atoms with Gasteiger partial charge in [-0.3, -0.25) is 14.4 Å². The Bertz CT molecular complexity index is 503. The van der Waals surface area contributed by atoms with Gasteiger partial charge in [0.1, 0.15) is 11.7 Å². The van der Waals surface area contributed by atoms with E-state index in [0.717, 1.165) is 34.6 Å². The van der Waals surface area contributed by atoms with Gasteiger partial charge in [0.2, 0.25) is 6.10 Å². The van der Waals surface area contributed by atoms with E-state index in [9.17, 15) is 28.3 Å². The van der Waals surface area contributed by atoms with Crippen LogP contribution in [0.25, 0.3) is 0 Å². The van der Waals surface area contributed by atoms with Crippen LogP contribution >= 0.6 is 0 Å². The number of hydrogen-bond acceptors (Lipinski definition) is 7. The maximum absolute atomic E-state index is 14.6. The second kappa shape index (κ2) is 6.38. The van der Waals surface area contributed by atoms with Gasteiger partial charge in [0.05, 0.1) is 5.92 Å². The van der Waals surface area contributed by atoms with Crippen LogP contribution in [0, 0.1) is 5.92 Å². The quantitative estimate of drug-likeness (QED) is 0.601. The maximum Gasteiger partial charge on any atom is 0.303 e. The fraction of sp³-hybridized carbons (Fsp3) is 0.786. The maximum atomic E-state index is 14.6. The van der Waals surface area contributed by atoms with Crippen LogP contribution in [-0.4, -0.2) is 52.8 Å². The van der Waals surface area contributed by atoms with E-state index < -0.39 is 53.7 Å². The van der Waals surface area contributed by atoms with E-state index in [0.29, 0.717) is 0 Å². The SMILES string of the molecule is CC(=O)O[C@@H]1[C@@H](C)C(F)(F)[C@@H](OC(C)=O)[C@@H](OC(C)=O)[C@]1(C)O. The van der Waals surface area contributed by atoms with E-state index in [1.54, 1.807) is 0 Å². The third kappa shape index (κ3) is 3.77. The van der Waals surface area contributed by atoms with Gasteiger partial charge in [-0.2, -0.15) is 0 Å². The highest BCUT2D eigenvalue weighted by molar-refractivity contribution is 5.68. The Morgan fingerprint density at radius 3 is 1.61 bits per heavy atom. The summed E-state index contributed by atoms with van der Waals surface area (Å²) in [4.78, 5) is 33.5. The highest BCUT2D eigenvalue weighted by Gasteiger charge is 2.68. The van der Waals surface area contributed by atoms with Crippen molar-refractivity contribution in [3.63, 3.8) is 0 Å². The number of esters is 3. The summed E-state index contributed by atoms with van der Waals surface area (Å²) in [5.41, 5.74) is -2.18. The molecular weight excluding hydrogens is 318 g/mol. The molecule has 0 aromatic rings. The summed E-state index contributed by atoms with van der Waals surface area (Å²) in [7, 11) is 0. The minimum Gasteiger partial charge on any atom is -0.459 e. The van der Waals surface area contributed by atoms with Crippen LogP contribution in [0.3, 0.4) is 0 Å². The Hall–Kier alpha value is -1.77. The number of carbonyl (C=O) groups excluding carboxylic acids is 3. The second-order valence-electron chi connectivity index (χ2n) is 5.78. The predicted octanol–water partition coefficient (Wildman–Crippen LogP) is 0.817. The fourth-order valence-electron chi connectivity index (χ4n) is 2.72. The molecule has 0 aromatic heterocycles. The van der Waals surface area contributed by atoms with E-state index in [2.05, 4.69) is 4.74 Å². The molecule has 1 rings (SSSR count). The molecule has 0 amide bonds. The van der Waals surface area contributed by atoms with Crippen molar-refractivity contribution in [3.8, 4) is 0 Å². The normalized spacial score (nSPS) is 36.0. The number of alkyl halides is 2. The van der Waals surface area contributed by atoms with Gasteiger partial charge in [-0.1, -0.05) is 6.92 Å². The van der Waals surface area contributed by atoms with Crippen molar-refractivity contribution in [2.45, 2.75) is 64.5 Å². The zero-order valence-corrected chi connectivity index (χ0v) is 13.5. The molecule has 1 N–H and O–H groups in total. The van der Waals surface area contributed by atoms with Gasteiger partial charge in [0.25, 0.3) is 5.92 Å². The Kier molecular flexibility index (Phi) is 5.35. The lowest BCUT2D eigenvalue weighted by Crippen LogP contribution is -2.71. The lowest BCUT2D eigenvalue weighted by atomic mass is 9.71. The molecule has 0 bridgehead atoms. The van der Waals surface area contributed by atoms with Crippen LogP contribution in [0.5, 0.6) is 0 Å². The summed E-state index contributed by atoms with van der Waals surface area (Å²) in [6.07, 6.45) is -5.77. The lowest BCUT2D eigenvalue weighted by molar-refractivity contribution is -0.303. The molecule has 1 fully saturated rings. The van der Waals surface area contributed by atoms with Crippen molar-refractivity contribution in [1.29, 1.82) is 0 Å². The summed E-state index contributed by atoms with van der Waals surface area (Å²) >= 11 is 0. The summed E-state index contributed by atoms with van der Waals surface area (Å²) in [5.74, 6) is -8.25. The molecule has 0 heterocycles. The van der Waals surface area contributed by atoms with Crippen molar-refractivity contribution in [2.24, 2.45) is 5.92 Å². The van der Waals surface area contributed by atoms with Gasteiger partial charge in [-0.05, 0) is 6.92 Å². The molecule has 23 heavy (non-hydrogen) atoms. The first-order valence-corrected chi connectivity index (χ1v) is 6.93. The minimum absolute atomic E-state index is 0.884. The zero-order chi connectivity index (χ0) is 18.2. The lowest BCUT2D eigenvalue weighted by Gasteiger charge is -2.51. The molecule has 1 aliphatic rings. The zero-order valence-electron chi connectivity index (χ0n) is 13.5. The summed E-state index contributed by atoms with van der Waals surface area (Å²) in [6.45, 7) is 5.00. The first-order valence-electron chi connectivity index (χ1n) is 6.93. The topological polar surface area (TPSA) is 99.1 Å². The van der Waals surface area contributed by atoms with E-state index in [1.165, 1.54) is 0 Å². The minimum atomic E-state index is -3.70. The van der Waals surface area contributed by atoms with Crippen LogP contribution in [0.1, 0.15) is 34.6 Å². The number of aliphatic hydroxyl groups is 1.